The summed E-state index contributed by atoms with van der Waals surface area (Å²) in [6.45, 7) is 10.1. The molecule has 0 aromatic heterocycles. The van der Waals surface area contributed by atoms with E-state index in [1.54, 1.807) is 0 Å². The maximum absolute atomic E-state index is 5.12. The summed E-state index contributed by atoms with van der Waals surface area (Å²) in [7, 11) is 0. The normalized spacial score (nSPS) is 25.9. The molecule has 1 heterocycles. The number of unbranched alkanes of at least 4 members (excludes halogenated alkanes) is 6. The van der Waals surface area contributed by atoms with Crippen molar-refractivity contribution in [2.45, 2.75) is 90.9 Å². The summed E-state index contributed by atoms with van der Waals surface area (Å²) < 4.78 is 0. The zero-order valence-electron chi connectivity index (χ0n) is 17.7. The van der Waals surface area contributed by atoms with E-state index in [2.05, 4.69) is 50.8 Å². The summed E-state index contributed by atoms with van der Waals surface area (Å²) in [5.74, 6) is 0. The molecule has 1 aliphatic carbocycles. The van der Waals surface area contributed by atoms with Gasteiger partial charge in [0.25, 0.3) is 0 Å². The van der Waals surface area contributed by atoms with Gasteiger partial charge in [0.05, 0.1) is 0 Å². The highest BCUT2D eigenvalue weighted by Gasteiger charge is 2.71. The molecule has 0 radical (unpaired) electrons. The number of benzene rings is 1. The fraction of sp³-hybridized carbons (Fsp3) is 0.654. The summed E-state index contributed by atoms with van der Waals surface area (Å²) in [6, 6.07) is 11.0. The van der Waals surface area contributed by atoms with Gasteiger partial charge in [-0.2, -0.15) is 0 Å². The van der Waals surface area contributed by atoms with Crippen molar-refractivity contribution < 1.29 is 0 Å². The molecule has 3 rings (SSSR count). The molecule has 2 unspecified atom stereocenters. The number of rotatable bonds is 13. The first kappa shape index (κ1) is 20.4. The number of nitrogens with zero attached hydrogens (tertiary/aromatic N) is 1. The third kappa shape index (κ3) is 4.39. The van der Waals surface area contributed by atoms with Crippen molar-refractivity contribution in [1.29, 1.82) is 0 Å². The molecule has 2 atom stereocenters. The Morgan fingerprint density at radius 2 is 1.67 bits per heavy atom. The van der Waals surface area contributed by atoms with Crippen LogP contribution in [-0.2, 0) is 0 Å². The molecule has 1 saturated carbocycles. The van der Waals surface area contributed by atoms with Crippen molar-refractivity contribution in [1.82, 2.24) is 0 Å². The monoisotopic (exact) mass is 365 g/mol. The molecule has 27 heavy (non-hydrogen) atoms. The lowest BCUT2D eigenvalue weighted by Crippen LogP contribution is -2.21. The van der Waals surface area contributed by atoms with E-state index in [0.717, 1.165) is 6.54 Å². The van der Waals surface area contributed by atoms with E-state index in [9.17, 15) is 0 Å². The Bertz CT molecular complexity index is 643. The second kappa shape index (κ2) is 9.22. The quantitative estimate of drug-likeness (QED) is 0.250. The van der Waals surface area contributed by atoms with E-state index < -0.39 is 0 Å². The van der Waals surface area contributed by atoms with Crippen LogP contribution in [-0.4, -0.2) is 12.3 Å². The minimum Gasteiger partial charge on any atom is -0.288 e. The third-order valence-electron chi connectivity index (χ3n) is 7.02. The molecule has 0 spiro atoms. The maximum Gasteiger partial charge on any atom is 0.0492 e. The molecular formula is C26H39N. The summed E-state index contributed by atoms with van der Waals surface area (Å²) >= 11 is 0. The van der Waals surface area contributed by atoms with E-state index >= 15 is 0 Å². The average molecular weight is 366 g/mol. The van der Waals surface area contributed by atoms with Crippen LogP contribution in [0, 0.1) is 10.8 Å². The van der Waals surface area contributed by atoms with E-state index in [1.807, 2.05) is 0 Å². The molecule has 0 N–H and O–H groups in total. The van der Waals surface area contributed by atoms with Crippen LogP contribution in [0.5, 0.6) is 0 Å². The minimum atomic E-state index is 0.294. The van der Waals surface area contributed by atoms with Gasteiger partial charge in [-0.3, -0.25) is 4.99 Å². The zero-order chi connectivity index (χ0) is 19.2. The first-order chi connectivity index (χ1) is 13.2. The van der Waals surface area contributed by atoms with Crippen LogP contribution < -0.4 is 0 Å². The molecule has 1 heteroatoms. The van der Waals surface area contributed by atoms with Crippen LogP contribution >= 0.6 is 0 Å². The zero-order valence-corrected chi connectivity index (χ0v) is 17.7. The largest absolute Gasteiger partial charge is 0.288 e. The average Bonchev–Trinajstić information content (AvgIpc) is 3.20. The Labute approximate surface area is 167 Å². The lowest BCUT2D eigenvalue weighted by atomic mass is 9.80. The Morgan fingerprint density at radius 1 is 0.963 bits per heavy atom. The number of fused-ring (bicyclic) bond motifs is 1. The molecule has 0 bridgehead atoms. The van der Waals surface area contributed by atoms with Crippen LogP contribution in [0.4, 0.5) is 0 Å². The molecule has 1 aromatic rings. The Hall–Kier alpha value is -1.37. The first-order valence-corrected chi connectivity index (χ1v) is 11.4. The van der Waals surface area contributed by atoms with Crippen molar-refractivity contribution in [2.24, 2.45) is 15.8 Å². The van der Waals surface area contributed by atoms with Gasteiger partial charge in [0.15, 0.2) is 0 Å². The van der Waals surface area contributed by atoms with Crippen LogP contribution in [0.25, 0.3) is 0 Å². The SMILES string of the molecule is C=C(CCCCCC)CC12CC1(CCCCCC)CN=C2c1ccccc1. The molecule has 1 aromatic carbocycles. The molecule has 0 saturated heterocycles. The molecule has 2 aliphatic rings. The maximum atomic E-state index is 5.12. The molecule has 0 amide bonds. The first-order valence-electron chi connectivity index (χ1n) is 11.4. The van der Waals surface area contributed by atoms with E-state index in [0.29, 0.717) is 10.8 Å². The molecule has 1 aliphatic heterocycles. The van der Waals surface area contributed by atoms with Crippen LogP contribution in [0.2, 0.25) is 0 Å². The van der Waals surface area contributed by atoms with Crippen LogP contribution in [0.1, 0.15) is 96.5 Å². The third-order valence-corrected chi connectivity index (χ3v) is 7.02. The van der Waals surface area contributed by atoms with Crippen molar-refractivity contribution in [2.75, 3.05) is 6.54 Å². The molecule has 1 nitrogen and oxygen atoms in total. The summed E-state index contributed by atoms with van der Waals surface area (Å²) in [5.41, 5.74) is 4.95. The highest BCUT2D eigenvalue weighted by molar-refractivity contribution is 6.09. The lowest BCUT2D eigenvalue weighted by molar-refractivity contribution is 0.390. The summed E-state index contributed by atoms with van der Waals surface area (Å²) in [5, 5.41) is 0. The molecule has 1 fully saturated rings. The standard InChI is InChI=1S/C26H39N/c1-4-6-8-11-15-22(3)19-26-20-25(26,18-14-9-7-5-2)21-27-24(26)23-16-12-10-13-17-23/h10,12-13,16-17H,3-9,11,14-15,18-21H2,1-2H3. The van der Waals surface area contributed by atoms with Crippen molar-refractivity contribution in [3.8, 4) is 0 Å². The molecular weight excluding hydrogens is 326 g/mol. The highest BCUT2D eigenvalue weighted by atomic mass is 14.9. The topological polar surface area (TPSA) is 12.4 Å². The van der Waals surface area contributed by atoms with Gasteiger partial charge in [-0.05, 0) is 37.7 Å². The summed E-state index contributed by atoms with van der Waals surface area (Å²) in [4.78, 5) is 5.12. The minimum absolute atomic E-state index is 0.294. The number of allylic oxidation sites excluding steroid dienone is 1. The van der Waals surface area contributed by atoms with Gasteiger partial charge in [0, 0.05) is 23.1 Å². The Morgan fingerprint density at radius 3 is 2.37 bits per heavy atom. The van der Waals surface area contributed by atoms with E-state index in [-0.39, 0.29) is 0 Å². The highest BCUT2D eigenvalue weighted by Crippen LogP contribution is 2.73. The Kier molecular flexibility index (Phi) is 6.95. The second-order valence-electron chi connectivity index (χ2n) is 9.12. The van der Waals surface area contributed by atoms with Gasteiger partial charge in [-0.1, -0.05) is 101 Å². The van der Waals surface area contributed by atoms with Gasteiger partial charge in [-0.15, -0.1) is 0 Å². The number of hydrogen-bond acceptors (Lipinski definition) is 1. The summed E-state index contributed by atoms with van der Waals surface area (Å²) in [6.07, 6.45) is 15.8. The van der Waals surface area contributed by atoms with Crippen LogP contribution in [0.15, 0.2) is 47.5 Å². The van der Waals surface area contributed by atoms with Crippen LogP contribution in [0.3, 0.4) is 0 Å². The predicted octanol–water partition coefficient (Wildman–Crippen LogP) is 7.75. The number of aliphatic imine (C=N–C) groups is 1. The fourth-order valence-corrected chi connectivity index (χ4v) is 5.37. The van der Waals surface area contributed by atoms with Gasteiger partial charge < -0.3 is 0 Å². The Balaban J connectivity index is 1.68. The van der Waals surface area contributed by atoms with Gasteiger partial charge in [-0.25, -0.2) is 0 Å². The van der Waals surface area contributed by atoms with E-state index in [1.165, 1.54) is 93.9 Å². The predicted molar refractivity (Wildman–Crippen MR) is 119 cm³/mol. The van der Waals surface area contributed by atoms with Gasteiger partial charge >= 0.3 is 0 Å². The van der Waals surface area contributed by atoms with Crippen molar-refractivity contribution >= 4 is 5.71 Å². The van der Waals surface area contributed by atoms with Crippen molar-refractivity contribution in [3.05, 3.63) is 48.0 Å². The van der Waals surface area contributed by atoms with Gasteiger partial charge in [0.1, 0.15) is 0 Å². The fourth-order valence-electron chi connectivity index (χ4n) is 5.37. The number of hydrogen-bond donors (Lipinski definition) is 0. The van der Waals surface area contributed by atoms with Crippen molar-refractivity contribution in [3.63, 3.8) is 0 Å². The lowest BCUT2D eigenvalue weighted by Gasteiger charge is -2.22. The smallest absolute Gasteiger partial charge is 0.0492 e. The van der Waals surface area contributed by atoms with Gasteiger partial charge in [0.2, 0.25) is 0 Å². The second-order valence-corrected chi connectivity index (χ2v) is 9.12. The molecule has 148 valence electrons. The van der Waals surface area contributed by atoms with E-state index in [4.69, 9.17) is 4.99 Å².